The van der Waals surface area contributed by atoms with Crippen molar-refractivity contribution in [2.24, 2.45) is 0 Å². The zero-order chi connectivity index (χ0) is 25.8. The van der Waals surface area contributed by atoms with E-state index in [1.54, 1.807) is 13.0 Å². The Hall–Kier alpha value is -3.98. The lowest BCUT2D eigenvalue weighted by Gasteiger charge is -2.16. The van der Waals surface area contributed by atoms with Crippen LogP contribution >= 0.6 is 12.2 Å². The first-order valence-electron chi connectivity index (χ1n) is 11.7. The van der Waals surface area contributed by atoms with Gasteiger partial charge in [-0.3, -0.25) is 25.2 Å². The lowest BCUT2D eigenvalue weighted by atomic mass is 10.1. The largest absolute Gasteiger partial charge is 0.481 e. The Morgan fingerprint density at radius 1 is 0.889 bits per heavy atom. The van der Waals surface area contributed by atoms with Crippen LogP contribution in [0.25, 0.3) is 10.8 Å². The van der Waals surface area contributed by atoms with Gasteiger partial charge in [-0.1, -0.05) is 60.7 Å². The molecule has 1 unspecified atom stereocenters. The first kappa shape index (κ1) is 26.6. The Morgan fingerprint density at radius 3 is 2.39 bits per heavy atom. The van der Waals surface area contributed by atoms with E-state index in [1.807, 2.05) is 66.7 Å². The van der Waals surface area contributed by atoms with Crippen LogP contribution in [0, 0.1) is 0 Å². The molecule has 0 heterocycles. The normalized spacial score (nSPS) is 11.2. The van der Waals surface area contributed by atoms with E-state index in [1.165, 1.54) is 5.56 Å². The molecule has 1 atom stereocenters. The van der Waals surface area contributed by atoms with Crippen molar-refractivity contribution < 1.29 is 23.9 Å². The van der Waals surface area contributed by atoms with Crippen molar-refractivity contribution in [3.05, 3.63) is 78.4 Å². The second-order valence-corrected chi connectivity index (χ2v) is 8.48. The Labute approximate surface area is 215 Å². The molecule has 0 aliphatic carbocycles. The van der Waals surface area contributed by atoms with Gasteiger partial charge < -0.3 is 14.8 Å². The topological polar surface area (TPSA) is 106 Å². The van der Waals surface area contributed by atoms with Crippen LogP contribution in [0.5, 0.6) is 5.75 Å². The molecule has 9 heteroatoms. The molecule has 3 aromatic carbocycles. The highest BCUT2D eigenvalue weighted by Crippen LogP contribution is 2.21. The molecule has 36 heavy (non-hydrogen) atoms. The summed E-state index contributed by atoms with van der Waals surface area (Å²) in [6.07, 6.45) is 0.552. The van der Waals surface area contributed by atoms with Gasteiger partial charge >= 0.3 is 5.97 Å². The number of carbonyl (C=O) groups is 3. The molecular weight excluding hydrogens is 478 g/mol. The lowest BCUT2D eigenvalue weighted by molar-refractivity contribution is -0.145. The zero-order valence-corrected chi connectivity index (χ0v) is 20.8. The molecule has 0 fully saturated rings. The number of esters is 1. The van der Waals surface area contributed by atoms with E-state index >= 15 is 0 Å². The van der Waals surface area contributed by atoms with Crippen LogP contribution in [0.3, 0.4) is 0 Å². The number of nitrogens with one attached hydrogen (secondary N) is 3. The fraction of sp³-hybridized carbons (Fsp3) is 0.259. The maximum Gasteiger partial charge on any atom is 0.306 e. The van der Waals surface area contributed by atoms with E-state index < -0.39 is 23.9 Å². The fourth-order valence-corrected chi connectivity index (χ4v) is 3.50. The molecule has 0 radical (unpaired) electrons. The minimum Gasteiger partial charge on any atom is -0.481 e. The third-order valence-corrected chi connectivity index (χ3v) is 5.43. The predicted octanol–water partition coefficient (Wildman–Crippen LogP) is 3.59. The number of ether oxygens (including phenoxy) is 2. The van der Waals surface area contributed by atoms with Crippen molar-refractivity contribution in [3.63, 3.8) is 0 Å². The molecule has 3 rings (SSSR count). The van der Waals surface area contributed by atoms with E-state index in [2.05, 4.69) is 16.2 Å². The van der Waals surface area contributed by atoms with Gasteiger partial charge in [0.05, 0.1) is 13.0 Å². The Bertz CT molecular complexity index is 1200. The Balaban J connectivity index is 1.28. The van der Waals surface area contributed by atoms with E-state index in [-0.39, 0.29) is 18.0 Å². The summed E-state index contributed by atoms with van der Waals surface area (Å²) >= 11 is 5.02. The van der Waals surface area contributed by atoms with Crippen LogP contribution in [0.4, 0.5) is 0 Å². The maximum absolute atomic E-state index is 12.3. The number of amides is 2. The van der Waals surface area contributed by atoms with Gasteiger partial charge in [-0.2, -0.15) is 0 Å². The van der Waals surface area contributed by atoms with Gasteiger partial charge in [-0.15, -0.1) is 0 Å². The van der Waals surface area contributed by atoms with Crippen LogP contribution < -0.4 is 20.9 Å². The van der Waals surface area contributed by atoms with Gasteiger partial charge in [0.1, 0.15) is 5.75 Å². The van der Waals surface area contributed by atoms with E-state index in [0.29, 0.717) is 18.8 Å². The minimum atomic E-state index is -0.811. The Morgan fingerprint density at radius 2 is 1.61 bits per heavy atom. The number of aryl methyl sites for hydroxylation is 1. The van der Waals surface area contributed by atoms with Crippen molar-refractivity contribution >= 4 is 45.9 Å². The number of carbonyl (C=O) groups excluding carboxylic acids is 3. The van der Waals surface area contributed by atoms with Crippen LogP contribution in [-0.4, -0.2) is 35.6 Å². The maximum atomic E-state index is 12.3. The van der Waals surface area contributed by atoms with Crippen molar-refractivity contribution in [1.82, 2.24) is 16.2 Å². The van der Waals surface area contributed by atoms with Gasteiger partial charge in [0, 0.05) is 6.42 Å². The van der Waals surface area contributed by atoms with E-state index in [9.17, 15) is 14.4 Å². The van der Waals surface area contributed by atoms with Gasteiger partial charge in [-0.25, -0.2) is 0 Å². The smallest absolute Gasteiger partial charge is 0.306 e. The van der Waals surface area contributed by atoms with Crippen molar-refractivity contribution in [2.45, 2.75) is 38.7 Å². The standard InChI is InChI=1S/C27H29N3O5S/c1-19(35-23-14-13-21-11-5-6-12-22(21)18-23)26(33)29-30-27(36)28-24(31)15-16-25(32)34-17-7-10-20-8-3-2-4-9-20/h2-6,8-9,11-14,18-19H,7,10,15-17H2,1H3,(H,29,33)(H2,28,30,31,36). The van der Waals surface area contributed by atoms with E-state index in [4.69, 9.17) is 21.7 Å². The number of rotatable bonds is 10. The number of hydrazine groups is 1. The summed E-state index contributed by atoms with van der Waals surface area (Å²) < 4.78 is 10.9. The average molecular weight is 508 g/mol. The zero-order valence-electron chi connectivity index (χ0n) is 20.0. The van der Waals surface area contributed by atoms with Crippen LogP contribution in [-0.2, 0) is 25.5 Å². The van der Waals surface area contributed by atoms with Gasteiger partial charge in [-0.05, 0) is 60.5 Å². The quantitative estimate of drug-likeness (QED) is 0.167. The first-order valence-corrected chi connectivity index (χ1v) is 12.1. The molecule has 0 aliphatic heterocycles. The highest BCUT2D eigenvalue weighted by Gasteiger charge is 2.16. The molecule has 188 valence electrons. The van der Waals surface area contributed by atoms with Crippen LogP contribution in [0.15, 0.2) is 72.8 Å². The molecule has 3 N–H and O–H groups in total. The summed E-state index contributed by atoms with van der Waals surface area (Å²) in [7, 11) is 0. The average Bonchev–Trinajstić information content (AvgIpc) is 2.89. The molecule has 0 spiro atoms. The number of fused-ring (bicyclic) bond motifs is 1. The summed E-state index contributed by atoms with van der Waals surface area (Å²) in [6.45, 7) is 1.89. The van der Waals surface area contributed by atoms with Gasteiger partial charge in [0.15, 0.2) is 11.2 Å². The molecular formula is C27H29N3O5S. The fourth-order valence-electron chi connectivity index (χ4n) is 3.33. The van der Waals surface area contributed by atoms with Crippen molar-refractivity contribution in [2.75, 3.05) is 6.61 Å². The number of thiocarbonyl (C=S) groups is 1. The molecule has 2 amide bonds. The van der Waals surface area contributed by atoms with E-state index in [0.717, 1.165) is 17.2 Å². The molecule has 0 aromatic heterocycles. The first-order chi connectivity index (χ1) is 17.4. The van der Waals surface area contributed by atoms with Gasteiger partial charge in [0.25, 0.3) is 5.91 Å². The predicted molar refractivity (Wildman–Crippen MR) is 141 cm³/mol. The van der Waals surface area contributed by atoms with Crippen molar-refractivity contribution in [3.8, 4) is 5.75 Å². The molecule has 0 aliphatic rings. The summed E-state index contributed by atoms with van der Waals surface area (Å²) in [5.74, 6) is -0.841. The number of hydrogen-bond acceptors (Lipinski definition) is 6. The third kappa shape index (κ3) is 8.99. The molecule has 0 bridgehead atoms. The molecule has 0 saturated carbocycles. The number of benzene rings is 3. The summed E-state index contributed by atoms with van der Waals surface area (Å²) in [5, 5.41) is 4.38. The van der Waals surface area contributed by atoms with Crippen LogP contribution in [0.1, 0.15) is 31.7 Å². The van der Waals surface area contributed by atoms with Crippen molar-refractivity contribution in [1.29, 1.82) is 0 Å². The summed E-state index contributed by atoms with van der Waals surface area (Å²) in [4.78, 5) is 36.2. The second kappa shape index (κ2) is 13.8. The SMILES string of the molecule is CC(Oc1ccc2ccccc2c1)C(=O)NNC(=S)NC(=O)CCC(=O)OCCCc1ccccc1. The molecule has 8 nitrogen and oxygen atoms in total. The highest BCUT2D eigenvalue weighted by molar-refractivity contribution is 7.80. The summed E-state index contributed by atoms with van der Waals surface area (Å²) in [6, 6.07) is 23.3. The van der Waals surface area contributed by atoms with Gasteiger partial charge in [0.2, 0.25) is 5.91 Å². The summed E-state index contributed by atoms with van der Waals surface area (Å²) in [5.41, 5.74) is 6.03. The monoisotopic (exact) mass is 507 g/mol. The Kier molecular flexibility index (Phi) is 10.2. The third-order valence-electron chi connectivity index (χ3n) is 5.23. The highest BCUT2D eigenvalue weighted by atomic mass is 32.1. The van der Waals surface area contributed by atoms with Crippen LogP contribution in [0.2, 0.25) is 0 Å². The number of hydrogen-bond donors (Lipinski definition) is 3. The lowest BCUT2D eigenvalue weighted by Crippen LogP contribution is -2.51. The minimum absolute atomic E-state index is 0.0667. The molecule has 0 saturated heterocycles. The second-order valence-electron chi connectivity index (χ2n) is 8.07. The molecule has 3 aromatic rings.